The van der Waals surface area contributed by atoms with Gasteiger partial charge in [0.25, 0.3) is 10.0 Å². The number of nitrogens with one attached hydrogen (secondary N) is 1. The van der Waals surface area contributed by atoms with Crippen molar-refractivity contribution < 1.29 is 18.0 Å². The lowest BCUT2D eigenvalue weighted by atomic mass is 10.1. The summed E-state index contributed by atoms with van der Waals surface area (Å²) in [6, 6.07) is 6.84. The van der Waals surface area contributed by atoms with Crippen LogP contribution in [0.15, 0.2) is 34.2 Å². The summed E-state index contributed by atoms with van der Waals surface area (Å²) in [5.74, 6) is 0.789. The summed E-state index contributed by atoms with van der Waals surface area (Å²) in [6.07, 6.45) is 5.18. The number of benzene rings is 1. The molecule has 3 heterocycles. The van der Waals surface area contributed by atoms with Crippen LogP contribution in [0.25, 0.3) is 0 Å². The third-order valence-electron chi connectivity index (χ3n) is 6.52. The first-order chi connectivity index (χ1) is 15.9. The Labute approximate surface area is 195 Å². The monoisotopic (exact) mass is 475 g/mol. The molecule has 33 heavy (non-hydrogen) atoms. The minimum atomic E-state index is -3.50. The SMILES string of the molecule is O=C(CCCCCN=C1NS(=O)(=O)c2ccccc21)N1CCN(CC(=O)N2CCCC2)CC1. The molecule has 1 aromatic rings. The maximum absolute atomic E-state index is 12.5. The van der Waals surface area contributed by atoms with Crippen molar-refractivity contribution in [3.63, 3.8) is 0 Å². The van der Waals surface area contributed by atoms with Crippen molar-refractivity contribution in [2.45, 2.75) is 43.4 Å². The molecule has 2 fully saturated rings. The number of likely N-dealkylation sites (tertiary alicyclic amines) is 1. The lowest BCUT2D eigenvalue weighted by Crippen LogP contribution is -2.51. The predicted molar refractivity (Wildman–Crippen MR) is 125 cm³/mol. The zero-order valence-corrected chi connectivity index (χ0v) is 19.9. The van der Waals surface area contributed by atoms with E-state index >= 15 is 0 Å². The second-order valence-electron chi connectivity index (χ2n) is 8.89. The smallest absolute Gasteiger partial charge is 0.263 e. The number of sulfonamides is 1. The van der Waals surface area contributed by atoms with Gasteiger partial charge in [-0.1, -0.05) is 18.6 Å². The van der Waals surface area contributed by atoms with Crippen LogP contribution in [0, 0.1) is 0 Å². The van der Waals surface area contributed by atoms with E-state index < -0.39 is 10.0 Å². The van der Waals surface area contributed by atoms with Gasteiger partial charge < -0.3 is 9.80 Å². The fourth-order valence-electron chi connectivity index (χ4n) is 4.58. The van der Waals surface area contributed by atoms with Gasteiger partial charge >= 0.3 is 0 Å². The van der Waals surface area contributed by atoms with Gasteiger partial charge in [0, 0.05) is 57.8 Å². The lowest BCUT2D eigenvalue weighted by Gasteiger charge is -2.35. The third-order valence-corrected chi connectivity index (χ3v) is 7.92. The van der Waals surface area contributed by atoms with Crippen LogP contribution in [0.2, 0.25) is 0 Å². The Morgan fingerprint density at radius 3 is 2.33 bits per heavy atom. The largest absolute Gasteiger partial charge is 0.342 e. The Kier molecular flexibility index (Phi) is 7.64. The van der Waals surface area contributed by atoms with Crippen molar-refractivity contribution in [2.24, 2.45) is 4.99 Å². The summed E-state index contributed by atoms with van der Waals surface area (Å²) in [7, 11) is -3.50. The number of aliphatic imine (C=N–C) groups is 1. The first-order valence-electron chi connectivity index (χ1n) is 11.9. The number of unbranched alkanes of at least 4 members (excludes halogenated alkanes) is 2. The highest BCUT2D eigenvalue weighted by Gasteiger charge is 2.30. The molecule has 2 amide bonds. The number of rotatable bonds is 8. The van der Waals surface area contributed by atoms with Gasteiger partial charge in [-0.05, 0) is 37.8 Å². The number of carbonyl (C=O) groups excluding carboxylic acids is 2. The van der Waals surface area contributed by atoms with Crippen molar-refractivity contribution in [3.05, 3.63) is 29.8 Å². The second kappa shape index (κ2) is 10.6. The molecular weight excluding hydrogens is 442 g/mol. The summed E-state index contributed by atoms with van der Waals surface area (Å²) < 4.78 is 26.7. The number of fused-ring (bicyclic) bond motifs is 1. The lowest BCUT2D eigenvalue weighted by molar-refractivity contribution is -0.134. The quantitative estimate of drug-likeness (QED) is 0.567. The number of nitrogens with zero attached hydrogens (tertiary/aromatic N) is 4. The van der Waals surface area contributed by atoms with E-state index in [0.717, 1.165) is 58.3 Å². The average molecular weight is 476 g/mol. The molecule has 180 valence electrons. The topological polar surface area (TPSA) is 102 Å². The van der Waals surface area contributed by atoms with Crippen molar-refractivity contribution >= 4 is 27.7 Å². The van der Waals surface area contributed by atoms with Crippen molar-refractivity contribution in [3.8, 4) is 0 Å². The summed E-state index contributed by atoms with van der Waals surface area (Å²) in [4.78, 5) is 35.5. The highest BCUT2D eigenvalue weighted by molar-refractivity contribution is 7.90. The average Bonchev–Trinajstić information content (AvgIpc) is 3.44. The number of amidine groups is 1. The number of carbonyl (C=O) groups is 2. The maximum atomic E-state index is 12.5. The fourth-order valence-corrected chi connectivity index (χ4v) is 5.83. The van der Waals surface area contributed by atoms with Gasteiger partial charge in [-0.15, -0.1) is 0 Å². The fraction of sp³-hybridized carbons (Fsp3) is 0.609. The first-order valence-corrected chi connectivity index (χ1v) is 13.4. The highest BCUT2D eigenvalue weighted by Crippen LogP contribution is 2.22. The van der Waals surface area contributed by atoms with Crippen LogP contribution in [0.1, 0.15) is 44.1 Å². The Balaban J connectivity index is 1.11. The van der Waals surface area contributed by atoms with E-state index in [9.17, 15) is 18.0 Å². The normalized spacial score (nSPS) is 21.3. The molecule has 3 aliphatic heterocycles. The molecule has 0 atom stereocenters. The molecule has 0 aliphatic carbocycles. The standard InChI is InChI=1S/C23H33N5O4S/c29-21(28-16-14-26(15-17-28)18-22(30)27-12-6-7-13-27)10-2-1-5-11-24-23-19-8-3-4-9-20(19)33(31,32)25-23/h3-4,8-9H,1-2,5-7,10-18H2,(H,24,25). The highest BCUT2D eigenvalue weighted by atomic mass is 32.2. The van der Waals surface area contributed by atoms with E-state index in [1.54, 1.807) is 24.3 Å². The number of hydrogen-bond donors (Lipinski definition) is 1. The van der Waals surface area contributed by atoms with Crippen LogP contribution in [0.3, 0.4) is 0 Å². The molecule has 3 aliphatic rings. The van der Waals surface area contributed by atoms with E-state index in [1.807, 2.05) is 9.80 Å². The Hall–Kier alpha value is -2.46. The molecule has 0 aromatic heterocycles. The van der Waals surface area contributed by atoms with E-state index in [1.165, 1.54) is 0 Å². The molecule has 1 aromatic carbocycles. The molecule has 4 rings (SSSR count). The van der Waals surface area contributed by atoms with Crippen LogP contribution in [-0.4, -0.2) is 93.1 Å². The van der Waals surface area contributed by atoms with E-state index in [0.29, 0.717) is 44.0 Å². The van der Waals surface area contributed by atoms with Gasteiger partial charge in [-0.25, -0.2) is 8.42 Å². The molecule has 2 saturated heterocycles. The first kappa shape index (κ1) is 23.7. The Morgan fingerprint density at radius 2 is 1.58 bits per heavy atom. The molecule has 10 heteroatoms. The van der Waals surface area contributed by atoms with Crippen LogP contribution < -0.4 is 4.72 Å². The van der Waals surface area contributed by atoms with Crippen LogP contribution >= 0.6 is 0 Å². The zero-order valence-electron chi connectivity index (χ0n) is 19.0. The number of hydrogen-bond acceptors (Lipinski definition) is 6. The van der Waals surface area contributed by atoms with Crippen molar-refractivity contribution in [2.75, 3.05) is 52.4 Å². The Morgan fingerprint density at radius 1 is 0.879 bits per heavy atom. The van der Waals surface area contributed by atoms with Crippen LogP contribution in [0.4, 0.5) is 0 Å². The van der Waals surface area contributed by atoms with E-state index in [-0.39, 0.29) is 16.7 Å². The molecule has 0 radical (unpaired) electrons. The second-order valence-corrected chi connectivity index (χ2v) is 10.5. The molecule has 9 nitrogen and oxygen atoms in total. The predicted octanol–water partition coefficient (Wildman–Crippen LogP) is 1.05. The summed E-state index contributed by atoms with van der Waals surface area (Å²) in [6.45, 7) is 5.61. The minimum Gasteiger partial charge on any atom is -0.342 e. The van der Waals surface area contributed by atoms with Gasteiger partial charge in [0.15, 0.2) is 0 Å². The zero-order chi connectivity index (χ0) is 23.3. The number of amides is 2. The number of piperazine rings is 1. The third kappa shape index (κ3) is 5.92. The molecule has 0 bridgehead atoms. The van der Waals surface area contributed by atoms with Crippen molar-refractivity contribution in [1.29, 1.82) is 0 Å². The summed E-state index contributed by atoms with van der Waals surface area (Å²) in [5, 5.41) is 0. The molecule has 1 N–H and O–H groups in total. The van der Waals surface area contributed by atoms with Crippen molar-refractivity contribution in [1.82, 2.24) is 19.4 Å². The Bertz CT molecular complexity index is 996. The molecular formula is C23H33N5O4S. The minimum absolute atomic E-state index is 0.171. The van der Waals surface area contributed by atoms with E-state index in [2.05, 4.69) is 14.6 Å². The molecule has 0 spiro atoms. The summed E-state index contributed by atoms with van der Waals surface area (Å²) >= 11 is 0. The van der Waals surface area contributed by atoms with Gasteiger partial charge in [-0.3, -0.25) is 24.2 Å². The maximum Gasteiger partial charge on any atom is 0.263 e. The van der Waals surface area contributed by atoms with Gasteiger partial charge in [-0.2, -0.15) is 0 Å². The van der Waals surface area contributed by atoms with Crippen LogP contribution in [0.5, 0.6) is 0 Å². The van der Waals surface area contributed by atoms with E-state index in [4.69, 9.17) is 0 Å². The summed E-state index contributed by atoms with van der Waals surface area (Å²) in [5.41, 5.74) is 0.619. The van der Waals surface area contributed by atoms with Crippen LogP contribution in [-0.2, 0) is 19.6 Å². The van der Waals surface area contributed by atoms with Gasteiger partial charge in [0.1, 0.15) is 5.84 Å². The molecule has 0 saturated carbocycles. The van der Waals surface area contributed by atoms with Gasteiger partial charge in [0.05, 0.1) is 11.4 Å². The van der Waals surface area contributed by atoms with Gasteiger partial charge in [0.2, 0.25) is 11.8 Å². The molecule has 0 unspecified atom stereocenters.